The second-order valence-electron chi connectivity index (χ2n) is 3.49. The fourth-order valence-corrected chi connectivity index (χ4v) is 1.73. The first kappa shape index (κ1) is 12.6. The molecule has 0 radical (unpaired) electrons. The monoisotopic (exact) mass is 273 g/mol. The second kappa shape index (κ2) is 4.45. The largest absolute Gasteiger partial charge is 0.434 e. The first-order valence-electron chi connectivity index (χ1n) is 4.83. The molecule has 0 fully saturated rings. The number of anilines is 1. The molecule has 2 N–H and O–H groups in total. The normalized spacial score (nSPS) is 11.6. The Morgan fingerprint density at radius 2 is 1.89 bits per heavy atom. The van der Waals surface area contributed by atoms with E-state index in [1.165, 1.54) is 18.2 Å². The van der Waals surface area contributed by atoms with E-state index in [0.29, 0.717) is 5.02 Å². The van der Waals surface area contributed by atoms with Crippen LogP contribution in [0.2, 0.25) is 5.02 Å². The predicted molar refractivity (Wildman–Crippen MR) is 61.9 cm³/mol. The van der Waals surface area contributed by atoms with Crippen LogP contribution in [0.25, 0.3) is 11.1 Å². The first-order chi connectivity index (χ1) is 8.39. The van der Waals surface area contributed by atoms with Crippen molar-refractivity contribution in [3.8, 4) is 11.1 Å². The van der Waals surface area contributed by atoms with Crippen molar-refractivity contribution in [1.82, 2.24) is 9.97 Å². The number of benzene rings is 1. The fraction of sp³-hybridized carbons (Fsp3) is 0.0909. The smallest absolute Gasteiger partial charge is 0.383 e. The number of alkyl halides is 3. The zero-order chi connectivity index (χ0) is 13.3. The molecule has 0 aliphatic heterocycles. The van der Waals surface area contributed by atoms with Crippen molar-refractivity contribution in [2.24, 2.45) is 0 Å². The maximum atomic E-state index is 12.8. The Kier molecular flexibility index (Phi) is 3.13. The second-order valence-corrected chi connectivity index (χ2v) is 3.93. The van der Waals surface area contributed by atoms with Crippen molar-refractivity contribution in [3.63, 3.8) is 0 Å². The molecule has 0 atom stereocenters. The van der Waals surface area contributed by atoms with E-state index in [4.69, 9.17) is 17.3 Å². The summed E-state index contributed by atoms with van der Waals surface area (Å²) in [5.41, 5.74) is 4.41. The molecule has 0 saturated carbocycles. The van der Waals surface area contributed by atoms with Crippen molar-refractivity contribution in [1.29, 1.82) is 0 Å². The number of nitrogen functional groups attached to an aromatic ring is 1. The van der Waals surface area contributed by atoms with Gasteiger partial charge in [-0.15, -0.1) is 0 Å². The molecule has 1 aromatic heterocycles. The average Bonchev–Trinajstić information content (AvgIpc) is 2.27. The van der Waals surface area contributed by atoms with E-state index in [9.17, 15) is 13.2 Å². The van der Waals surface area contributed by atoms with Gasteiger partial charge in [0.2, 0.25) is 0 Å². The summed E-state index contributed by atoms with van der Waals surface area (Å²) in [4.78, 5) is 6.84. The van der Waals surface area contributed by atoms with E-state index >= 15 is 0 Å². The number of hydrogen-bond acceptors (Lipinski definition) is 3. The summed E-state index contributed by atoms with van der Waals surface area (Å²) < 4.78 is 38.5. The van der Waals surface area contributed by atoms with Gasteiger partial charge in [0.15, 0.2) is 5.69 Å². The first-order valence-corrected chi connectivity index (χ1v) is 5.21. The molecule has 0 spiro atoms. The SMILES string of the molecule is Nc1ncnc(C(F)(F)F)c1-c1cccc(Cl)c1. The van der Waals surface area contributed by atoms with Gasteiger partial charge in [0.25, 0.3) is 0 Å². The molecule has 1 heterocycles. The van der Waals surface area contributed by atoms with Gasteiger partial charge in [0.05, 0.1) is 5.56 Å². The van der Waals surface area contributed by atoms with E-state index in [1.54, 1.807) is 6.07 Å². The Morgan fingerprint density at radius 1 is 1.17 bits per heavy atom. The fourth-order valence-electron chi connectivity index (χ4n) is 1.54. The maximum Gasteiger partial charge on any atom is 0.434 e. The zero-order valence-corrected chi connectivity index (χ0v) is 9.63. The third-order valence-electron chi connectivity index (χ3n) is 2.26. The van der Waals surface area contributed by atoms with E-state index in [-0.39, 0.29) is 16.9 Å². The number of hydrogen-bond donors (Lipinski definition) is 1. The van der Waals surface area contributed by atoms with Crippen LogP contribution >= 0.6 is 11.6 Å². The Balaban J connectivity index is 2.70. The van der Waals surface area contributed by atoms with Gasteiger partial charge in [-0.2, -0.15) is 13.2 Å². The van der Waals surface area contributed by atoms with Crippen LogP contribution < -0.4 is 5.73 Å². The average molecular weight is 274 g/mol. The minimum absolute atomic E-state index is 0.230. The van der Waals surface area contributed by atoms with Crippen molar-refractivity contribution in [2.75, 3.05) is 5.73 Å². The molecule has 0 saturated heterocycles. The van der Waals surface area contributed by atoms with Gasteiger partial charge in [-0.25, -0.2) is 9.97 Å². The summed E-state index contributed by atoms with van der Waals surface area (Å²) >= 11 is 5.75. The van der Waals surface area contributed by atoms with Crippen LogP contribution in [0.3, 0.4) is 0 Å². The number of nitrogens with two attached hydrogens (primary N) is 1. The number of rotatable bonds is 1. The highest BCUT2D eigenvalue weighted by molar-refractivity contribution is 6.30. The lowest BCUT2D eigenvalue weighted by atomic mass is 10.0. The highest BCUT2D eigenvalue weighted by atomic mass is 35.5. The summed E-state index contributed by atoms with van der Waals surface area (Å²) in [6, 6.07) is 5.94. The maximum absolute atomic E-state index is 12.8. The van der Waals surface area contributed by atoms with Crippen molar-refractivity contribution in [2.45, 2.75) is 6.18 Å². The summed E-state index contributed by atoms with van der Waals surface area (Å²) in [5.74, 6) is -0.236. The topological polar surface area (TPSA) is 51.8 Å². The van der Waals surface area contributed by atoms with Gasteiger partial charge in [0.1, 0.15) is 12.1 Å². The highest BCUT2D eigenvalue weighted by Crippen LogP contribution is 2.38. The predicted octanol–water partition coefficient (Wildman–Crippen LogP) is 3.40. The molecular formula is C11H7ClF3N3. The van der Waals surface area contributed by atoms with Gasteiger partial charge in [-0.3, -0.25) is 0 Å². The molecule has 2 rings (SSSR count). The Labute approximate surface area is 105 Å². The lowest BCUT2D eigenvalue weighted by molar-refractivity contribution is -0.140. The van der Waals surface area contributed by atoms with Crippen LogP contribution in [0.1, 0.15) is 5.69 Å². The summed E-state index contributed by atoms with van der Waals surface area (Å²) in [7, 11) is 0. The van der Waals surface area contributed by atoms with Gasteiger partial charge in [-0.05, 0) is 17.7 Å². The Hall–Kier alpha value is -1.82. The summed E-state index contributed by atoms with van der Waals surface area (Å²) in [6.07, 6.45) is -3.82. The lowest BCUT2D eigenvalue weighted by Gasteiger charge is -2.13. The highest BCUT2D eigenvalue weighted by Gasteiger charge is 2.36. The van der Waals surface area contributed by atoms with Gasteiger partial charge >= 0.3 is 6.18 Å². The zero-order valence-electron chi connectivity index (χ0n) is 8.87. The molecule has 0 aliphatic carbocycles. The van der Waals surface area contributed by atoms with Gasteiger partial charge in [-0.1, -0.05) is 23.7 Å². The lowest BCUT2D eigenvalue weighted by Crippen LogP contribution is -2.12. The number of halogens is 4. The molecule has 3 nitrogen and oxygen atoms in total. The van der Waals surface area contributed by atoms with Crippen LogP contribution in [0, 0.1) is 0 Å². The van der Waals surface area contributed by atoms with E-state index < -0.39 is 11.9 Å². The van der Waals surface area contributed by atoms with E-state index in [1.807, 2.05) is 0 Å². The van der Waals surface area contributed by atoms with Crippen molar-refractivity contribution in [3.05, 3.63) is 41.3 Å². The number of aromatic nitrogens is 2. The molecule has 18 heavy (non-hydrogen) atoms. The third-order valence-corrected chi connectivity index (χ3v) is 2.49. The van der Waals surface area contributed by atoms with Gasteiger partial charge < -0.3 is 5.73 Å². The van der Waals surface area contributed by atoms with E-state index in [2.05, 4.69) is 9.97 Å². The minimum atomic E-state index is -4.60. The van der Waals surface area contributed by atoms with Crippen molar-refractivity contribution >= 4 is 17.4 Å². The molecule has 0 amide bonds. The summed E-state index contributed by atoms with van der Waals surface area (Å²) in [5, 5.41) is 0.309. The molecular weight excluding hydrogens is 267 g/mol. The van der Waals surface area contributed by atoms with Crippen LogP contribution in [0.4, 0.5) is 19.0 Å². The number of nitrogens with zero attached hydrogens (tertiary/aromatic N) is 2. The molecule has 0 bridgehead atoms. The Bertz CT molecular complexity index is 584. The van der Waals surface area contributed by atoms with Gasteiger partial charge in [0, 0.05) is 5.02 Å². The van der Waals surface area contributed by atoms with E-state index in [0.717, 1.165) is 6.33 Å². The molecule has 7 heteroatoms. The molecule has 0 aliphatic rings. The van der Waals surface area contributed by atoms with Crippen LogP contribution in [-0.4, -0.2) is 9.97 Å². The molecule has 0 unspecified atom stereocenters. The standard InChI is InChI=1S/C11H7ClF3N3/c12-7-3-1-2-6(4-7)8-9(11(13,14)15)17-5-18-10(8)16/h1-5H,(H2,16,17,18). The van der Waals surface area contributed by atoms with Crippen LogP contribution in [0.5, 0.6) is 0 Å². The molecule has 1 aromatic carbocycles. The minimum Gasteiger partial charge on any atom is -0.383 e. The molecule has 94 valence electrons. The Morgan fingerprint density at radius 3 is 2.50 bits per heavy atom. The quantitative estimate of drug-likeness (QED) is 0.866. The van der Waals surface area contributed by atoms with Crippen molar-refractivity contribution < 1.29 is 13.2 Å². The van der Waals surface area contributed by atoms with Crippen LogP contribution in [0.15, 0.2) is 30.6 Å². The van der Waals surface area contributed by atoms with Crippen LogP contribution in [-0.2, 0) is 6.18 Å². The molecule has 2 aromatic rings. The third kappa shape index (κ3) is 2.38. The summed E-state index contributed by atoms with van der Waals surface area (Å²) in [6.45, 7) is 0.